The molecule has 0 amide bonds. The van der Waals surface area contributed by atoms with Gasteiger partial charge in [-0.2, -0.15) is 11.8 Å². The van der Waals surface area contributed by atoms with Gasteiger partial charge in [0.25, 0.3) is 0 Å². The van der Waals surface area contributed by atoms with Crippen molar-refractivity contribution in [3.63, 3.8) is 0 Å². The van der Waals surface area contributed by atoms with Crippen LogP contribution in [0.1, 0.15) is 33.1 Å². The van der Waals surface area contributed by atoms with Gasteiger partial charge >= 0.3 is 67.8 Å². The van der Waals surface area contributed by atoms with Gasteiger partial charge in [0.15, 0.2) is 0 Å². The third kappa shape index (κ3) is 12.5. The molecule has 0 N–H and O–H groups in total. The van der Waals surface area contributed by atoms with Crippen LogP contribution in [-0.2, 0) is 66.2 Å². The zero-order valence-electron chi connectivity index (χ0n) is 16.0. The third-order valence-corrected chi connectivity index (χ3v) is 5.77. The van der Waals surface area contributed by atoms with Gasteiger partial charge in [-0.15, -0.1) is 0 Å². The van der Waals surface area contributed by atoms with Gasteiger partial charge < -0.3 is 4.74 Å². The fourth-order valence-electron chi connectivity index (χ4n) is 3.85. The third-order valence-electron chi connectivity index (χ3n) is 4.97. The van der Waals surface area contributed by atoms with Crippen LogP contribution in [0.25, 0.3) is 0 Å². The number of ether oxygens (including phenoxy) is 1. The van der Waals surface area contributed by atoms with Crippen LogP contribution in [0.2, 0.25) is 0 Å². The molecule has 2 rings (SSSR count). The first-order valence-corrected chi connectivity index (χ1v) is 8.30. The molecular formula is C19H20Co2O7S. The van der Waals surface area contributed by atoms with Crippen LogP contribution >= 0.6 is 11.8 Å². The Balaban J connectivity index is -0.0000000601. The number of hydrogen-bond acceptors (Lipinski definition) is 2. The van der Waals surface area contributed by atoms with Crippen molar-refractivity contribution in [3.8, 4) is 12.5 Å². The topological polar surface area (TPSA) is 129 Å². The van der Waals surface area contributed by atoms with Crippen LogP contribution in [0.3, 0.4) is 0 Å². The molecule has 3 atom stereocenters. The molecule has 0 aromatic heterocycles. The predicted molar refractivity (Wildman–Crippen MR) is 89.2 cm³/mol. The maximum absolute atomic E-state index is 7.50. The van der Waals surface area contributed by atoms with E-state index in [4.69, 9.17) is 39.1 Å². The average molecular weight is 510 g/mol. The van der Waals surface area contributed by atoms with E-state index >= 15 is 0 Å². The maximum Gasteiger partial charge on any atom is 0 e. The van der Waals surface area contributed by atoms with Gasteiger partial charge in [0.05, 0.1) is 0 Å². The number of fused-ring (bicyclic) bond motifs is 2. The summed E-state index contributed by atoms with van der Waals surface area (Å²) in [5.74, 6) is 1.99. The molecular weight excluding hydrogens is 490 g/mol. The van der Waals surface area contributed by atoms with Crippen molar-refractivity contribution in [2.45, 2.75) is 39.2 Å². The first kappa shape index (κ1) is 46.4. The number of rotatable bonds is 3. The molecule has 10 heteroatoms. The second-order valence-electron chi connectivity index (χ2n) is 5.51. The van der Waals surface area contributed by atoms with E-state index in [1.807, 2.05) is 11.8 Å². The Labute approximate surface area is 197 Å². The number of thioether (sulfide) groups is 1. The molecule has 0 aromatic carbocycles. The van der Waals surface area contributed by atoms with Crippen LogP contribution in [-0.4, -0.2) is 18.1 Å². The molecule has 162 valence electrons. The second-order valence-corrected chi connectivity index (χ2v) is 6.37. The number of terminal acetylenes is 1. The molecule has 0 unspecified atom stereocenters. The minimum Gasteiger partial charge on any atom is 0 e. The Morgan fingerprint density at radius 1 is 0.931 bits per heavy atom. The van der Waals surface area contributed by atoms with Gasteiger partial charge in [-0.25, -0.2) is 0 Å². The summed E-state index contributed by atoms with van der Waals surface area (Å²) in [5.41, 5.74) is 0.723. The van der Waals surface area contributed by atoms with Gasteiger partial charge in [-0.05, 0) is 36.9 Å². The summed E-state index contributed by atoms with van der Waals surface area (Å²) in [5, 5.41) is 0. The molecule has 2 radical (unpaired) electrons. The predicted octanol–water partition coefficient (Wildman–Crippen LogP) is 2.92. The first-order chi connectivity index (χ1) is 13.1. The van der Waals surface area contributed by atoms with Crippen molar-refractivity contribution in [1.82, 2.24) is 0 Å². The van der Waals surface area contributed by atoms with Crippen molar-refractivity contribution in [2.75, 3.05) is 12.0 Å². The van der Waals surface area contributed by atoms with E-state index in [9.17, 15) is 0 Å². The summed E-state index contributed by atoms with van der Waals surface area (Å²) in [7, 11) is 0. The summed E-state index contributed by atoms with van der Waals surface area (Å²) in [4.78, 5) is 0. The monoisotopic (exact) mass is 510 g/mol. The van der Waals surface area contributed by atoms with Gasteiger partial charge in [0, 0.05) is 44.7 Å². The van der Waals surface area contributed by atoms with Gasteiger partial charge in [-0.3, -0.25) is 0 Å². The standard InChI is InChI=1S/C13H20OS.6CO.2Co/c1-5-14-11-8-10-6-7-13(11,9-15-4)12(10,2)3;6*1-2;;/h1,10-11H,6-9H2,2-4H3;;;;;;;;/t10-,11+,13-;;;;;;;;/m0......../s1. The summed E-state index contributed by atoms with van der Waals surface area (Å²) in [6.07, 6.45) is 14.0. The van der Waals surface area contributed by atoms with E-state index in [-0.39, 0.29) is 33.6 Å². The molecule has 29 heavy (non-hydrogen) atoms. The van der Waals surface area contributed by atoms with Crippen molar-refractivity contribution in [2.24, 2.45) is 16.7 Å². The molecule has 7 nitrogen and oxygen atoms in total. The summed E-state index contributed by atoms with van der Waals surface area (Å²) >= 11 is 1.93. The Kier molecular flexibility index (Phi) is 50.9. The number of hydrogen-bond donors (Lipinski definition) is 0. The van der Waals surface area contributed by atoms with Crippen LogP contribution in [0.5, 0.6) is 0 Å². The van der Waals surface area contributed by atoms with Gasteiger partial charge in [0.1, 0.15) is 12.2 Å². The molecule has 0 spiro atoms. The van der Waals surface area contributed by atoms with E-state index in [0.29, 0.717) is 16.9 Å². The van der Waals surface area contributed by atoms with E-state index < -0.39 is 0 Å². The normalized spacial score (nSPS) is 21.9. The van der Waals surface area contributed by atoms with E-state index in [1.165, 1.54) is 18.6 Å². The molecule has 0 aromatic rings. The molecule has 2 aliphatic rings. The zero-order valence-corrected chi connectivity index (χ0v) is 18.9. The molecule has 2 saturated carbocycles. The molecule has 2 fully saturated rings. The van der Waals surface area contributed by atoms with Gasteiger partial charge in [0.2, 0.25) is 0 Å². The largest absolute Gasteiger partial charge is 0 e. The molecule has 2 bridgehead atoms. The fraction of sp³-hybridized carbons (Fsp3) is 0.579. The summed E-state index contributed by atoms with van der Waals surface area (Å²) in [6, 6.07) is 0. The van der Waals surface area contributed by atoms with Crippen LogP contribution < -0.4 is 0 Å². The van der Waals surface area contributed by atoms with Crippen molar-refractivity contribution in [3.05, 3.63) is 39.9 Å². The minimum atomic E-state index is 0. The van der Waals surface area contributed by atoms with Crippen molar-refractivity contribution < 1.29 is 66.2 Å². The van der Waals surface area contributed by atoms with E-state index in [0.717, 1.165) is 12.3 Å². The molecule has 0 saturated heterocycles. The Bertz CT molecular complexity index is 486. The summed E-state index contributed by atoms with van der Waals surface area (Å²) in [6.45, 7) is 31.8. The zero-order chi connectivity index (χ0) is 23.1. The SMILES string of the molecule is C#CO[C@@H]1C[C@@H]2CC[C@@]1(CSC)C2(C)C.[C-]#[O+].[C-]#[O+].[C-]#[O+].[C-]#[O+].[C-]#[O+].[C-]#[O+].[Co].[Co]. The molecule has 0 heterocycles. The smallest absolute Gasteiger partial charge is 0 e. The van der Waals surface area contributed by atoms with Gasteiger partial charge in [-0.1, -0.05) is 20.3 Å². The first-order valence-electron chi connectivity index (χ1n) is 6.91. The average Bonchev–Trinajstić information content (AvgIpc) is 3.13. The molecule has 2 aliphatic carbocycles. The van der Waals surface area contributed by atoms with E-state index in [1.54, 1.807) is 0 Å². The minimum absolute atomic E-state index is 0. The second kappa shape index (κ2) is 31.8. The van der Waals surface area contributed by atoms with E-state index in [2.05, 4.69) is 66.1 Å². The van der Waals surface area contributed by atoms with Crippen molar-refractivity contribution in [1.29, 1.82) is 0 Å². The van der Waals surface area contributed by atoms with Crippen LogP contribution in [0.15, 0.2) is 0 Å². The Hall–Kier alpha value is -0.837. The van der Waals surface area contributed by atoms with Crippen LogP contribution in [0.4, 0.5) is 0 Å². The Morgan fingerprint density at radius 3 is 1.59 bits per heavy atom. The van der Waals surface area contributed by atoms with Crippen molar-refractivity contribution >= 4 is 11.8 Å². The summed E-state index contributed by atoms with van der Waals surface area (Å²) < 4.78 is 50.5. The Morgan fingerprint density at radius 2 is 1.31 bits per heavy atom. The fourth-order valence-corrected chi connectivity index (χ4v) is 5.06. The molecule has 0 aliphatic heterocycles. The van der Waals surface area contributed by atoms with Crippen LogP contribution in [0, 0.1) is 69.2 Å². The maximum atomic E-state index is 7.50. The quantitative estimate of drug-likeness (QED) is 0.329.